The predicted molar refractivity (Wildman–Crippen MR) is 81.9 cm³/mol. The molecule has 0 atom stereocenters. The van der Waals surface area contributed by atoms with Crippen LogP contribution in [0.4, 0.5) is 0 Å². The van der Waals surface area contributed by atoms with Crippen LogP contribution in [0.15, 0.2) is 26.8 Å². The molecule has 1 aromatic rings. The van der Waals surface area contributed by atoms with Crippen molar-refractivity contribution in [3.63, 3.8) is 0 Å². The Labute approximate surface area is 129 Å². The zero-order valence-corrected chi connectivity index (χ0v) is 14.0. The number of ether oxygens (including phenoxy) is 3. The summed E-state index contributed by atoms with van der Waals surface area (Å²) in [4.78, 5) is 0. The zero-order chi connectivity index (χ0) is 14.8. The van der Waals surface area contributed by atoms with Crippen molar-refractivity contribution in [1.82, 2.24) is 0 Å². The van der Waals surface area contributed by atoms with Crippen LogP contribution in [-0.2, 0) is 20.8 Å². The summed E-state index contributed by atoms with van der Waals surface area (Å²) in [5.41, 5.74) is 2.24. The molecule has 4 nitrogen and oxygen atoms in total. The largest absolute Gasteiger partial charge is 0.452 e. The molecular formula is C15H23BrO4. The van der Waals surface area contributed by atoms with Crippen LogP contribution in [-0.4, -0.2) is 33.0 Å². The average Bonchev–Trinajstić information content (AvgIpc) is 2.72. The summed E-state index contributed by atoms with van der Waals surface area (Å²) in [5.74, 6) is 0.859. The molecule has 0 bridgehead atoms. The summed E-state index contributed by atoms with van der Waals surface area (Å²) in [5, 5.41) is 0. The van der Waals surface area contributed by atoms with Gasteiger partial charge in [-0.2, -0.15) is 0 Å². The molecule has 0 aliphatic carbocycles. The number of aryl methyl sites for hydroxylation is 1. The Morgan fingerprint density at radius 2 is 2.05 bits per heavy atom. The van der Waals surface area contributed by atoms with Crippen molar-refractivity contribution in [2.45, 2.75) is 27.4 Å². The molecule has 0 N–H and O–H groups in total. The second-order valence-corrected chi connectivity index (χ2v) is 5.25. The second-order valence-electron chi connectivity index (χ2n) is 4.47. The fourth-order valence-electron chi connectivity index (χ4n) is 1.53. The van der Waals surface area contributed by atoms with Crippen LogP contribution in [0.3, 0.4) is 0 Å². The number of halogens is 1. The molecule has 20 heavy (non-hydrogen) atoms. The maximum atomic E-state index is 5.61. The molecule has 1 heterocycles. The third-order valence-corrected chi connectivity index (χ3v) is 3.07. The normalized spacial score (nSPS) is 12.1. The van der Waals surface area contributed by atoms with Crippen LogP contribution in [0.1, 0.15) is 25.2 Å². The standard InChI is InChI=1S/C15H23BrO4/c1-4-17-7-8-18-6-5-12(2)10-19-11-14-13(3)9-15(16)20-14/h5,9H,4,6-8,10-11H2,1-3H3/b12-5+. The first-order valence-corrected chi connectivity index (χ1v) is 7.56. The monoisotopic (exact) mass is 346 g/mol. The van der Waals surface area contributed by atoms with E-state index < -0.39 is 0 Å². The van der Waals surface area contributed by atoms with Gasteiger partial charge in [0.2, 0.25) is 0 Å². The first-order chi connectivity index (χ1) is 9.63. The van der Waals surface area contributed by atoms with E-state index in [2.05, 4.69) is 15.9 Å². The Kier molecular flexibility index (Phi) is 8.85. The summed E-state index contributed by atoms with van der Waals surface area (Å²) in [7, 11) is 0. The van der Waals surface area contributed by atoms with Gasteiger partial charge in [-0.25, -0.2) is 0 Å². The molecular weight excluding hydrogens is 324 g/mol. The lowest BCUT2D eigenvalue weighted by Crippen LogP contribution is -2.04. The quantitative estimate of drug-likeness (QED) is 0.476. The predicted octanol–water partition coefficient (Wildman–Crippen LogP) is 3.87. The Bertz CT molecular complexity index is 412. The Hall–Kier alpha value is -0.620. The van der Waals surface area contributed by atoms with E-state index in [1.807, 2.05) is 32.9 Å². The molecule has 0 aromatic carbocycles. The molecule has 0 saturated carbocycles. The third-order valence-electron chi connectivity index (χ3n) is 2.68. The van der Waals surface area contributed by atoms with E-state index in [1.165, 1.54) is 0 Å². The SMILES string of the molecule is CCOCCOC/C=C(\C)COCc1oc(Br)cc1C. The van der Waals surface area contributed by atoms with Crippen molar-refractivity contribution in [3.8, 4) is 0 Å². The minimum Gasteiger partial charge on any atom is -0.452 e. The highest BCUT2D eigenvalue weighted by Gasteiger charge is 2.05. The maximum absolute atomic E-state index is 5.61. The summed E-state index contributed by atoms with van der Waals surface area (Å²) < 4.78 is 22.4. The van der Waals surface area contributed by atoms with Gasteiger partial charge >= 0.3 is 0 Å². The van der Waals surface area contributed by atoms with Crippen LogP contribution in [0.2, 0.25) is 0 Å². The molecule has 0 fully saturated rings. The summed E-state index contributed by atoms with van der Waals surface area (Å²) in [6.45, 7) is 9.65. The number of furan rings is 1. The lowest BCUT2D eigenvalue weighted by molar-refractivity contribution is 0.0637. The van der Waals surface area contributed by atoms with Crippen molar-refractivity contribution in [2.75, 3.05) is 33.0 Å². The Morgan fingerprint density at radius 3 is 2.70 bits per heavy atom. The lowest BCUT2D eigenvalue weighted by atomic mass is 10.3. The number of hydrogen-bond donors (Lipinski definition) is 0. The van der Waals surface area contributed by atoms with Gasteiger partial charge in [0.15, 0.2) is 4.67 Å². The van der Waals surface area contributed by atoms with E-state index in [9.17, 15) is 0 Å². The minimum absolute atomic E-state index is 0.480. The molecule has 1 aromatic heterocycles. The third kappa shape index (κ3) is 7.24. The molecule has 5 heteroatoms. The Morgan fingerprint density at radius 1 is 1.30 bits per heavy atom. The van der Waals surface area contributed by atoms with Gasteiger partial charge in [-0.3, -0.25) is 0 Å². The van der Waals surface area contributed by atoms with Crippen LogP contribution in [0.5, 0.6) is 0 Å². The van der Waals surface area contributed by atoms with Crippen molar-refractivity contribution in [3.05, 3.63) is 33.7 Å². The van der Waals surface area contributed by atoms with E-state index in [0.717, 1.165) is 28.2 Å². The molecule has 0 amide bonds. The molecule has 0 spiro atoms. The fraction of sp³-hybridized carbons (Fsp3) is 0.600. The first kappa shape index (κ1) is 17.4. The number of rotatable bonds is 10. The summed E-state index contributed by atoms with van der Waals surface area (Å²) in [6.07, 6.45) is 2.02. The van der Waals surface area contributed by atoms with Gasteiger partial charge in [0.05, 0.1) is 26.4 Å². The smallest absolute Gasteiger partial charge is 0.169 e. The van der Waals surface area contributed by atoms with Crippen LogP contribution in [0.25, 0.3) is 0 Å². The van der Waals surface area contributed by atoms with Crippen molar-refractivity contribution in [1.29, 1.82) is 0 Å². The zero-order valence-electron chi connectivity index (χ0n) is 12.4. The average molecular weight is 347 g/mol. The first-order valence-electron chi connectivity index (χ1n) is 6.77. The van der Waals surface area contributed by atoms with Crippen molar-refractivity contribution < 1.29 is 18.6 Å². The molecule has 0 radical (unpaired) electrons. The van der Waals surface area contributed by atoms with Gasteiger partial charge in [-0.1, -0.05) is 6.08 Å². The molecule has 0 saturated heterocycles. The van der Waals surface area contributed by atoms with Gasteiger partial charge in [0.1, 0.15) is 12.4 Å². The molecule has 0 aliphatic heterocycles. The molecule has 0 aliphatic rings. The van der Waals surface area contributed by atoms with E-state index in [0.29, 0.717) is 33.0 Å². The van der Waals surface area contributed by atoms with Gasteiger partial charge in [-0.05, 0) is 53.9 Å². The highest BCUT2D eigenvalue weighted by Crippen LogP contribution is 2.20. The van der Waals surface area contributed by atoms with Gasteiger partial charge < -0.3 is 18.6 Å². The highest BCUT2D eigenvalue weighted by atomic mass is 79.9. The van der Waals surface area contributed by atoms with E-state index in [1.54, 1.807) is 0 Å². The second kappa shape index (κ2) is 10.2. The van der Waals surface area contributed by atoms with E-state index >= 15 is 0 Å². The Balaban J connectivity index is 2.13. The number of hydrogen-bond acceptors (Lipinski definition) is 4. The van der Waals surface area contributed by atoms with E-state index in [4.69, 9.17) is 18.6 Å². The van der Waals surface area contributed by atoms with Crippen LogP contribution in [0, 0.1) is 6.92 Å². The maximum Gasteiger partial charge on any atom is 0.169 e. The summed E-state index contributed by atoms with van der Waals surface area (Å²) >= 11 is 3.30. The lowest BCUT2D eigenvalue weighted by Gasteiger charge is -2.05. The summed E-state index contributed by atoms with van der Waals surface area (Å²) in [6, 6.07) is 1.94. The van der Waals surface area contributed by atoms with Gasteiger partial charge in [-0.15, -0.1) is 0 Å². The van der Waals surface area contributed by atoms with Gasteiger partial charge in [0.25, 0.3) is 0 Å². The highest BCUT2D eigenvalue weighted by molar-refractivity contribution is 9.10. The topological polar surface area (TPSA) is 40.8 Å². The van der Waals surface area contributed by atoms with Crippen LogP contribution < -0.4 is 0 Å². The minimum atomic E-state index is 0.480. The molecule has 0 unspecified atom stereocenters. The molecule has 1 rings (SSSR count). The van der Waals surface area contributed by atoms with E-state index in [-0.39, 0.29) is 0 Å². The fourth-order valence-corrected chi connectivity index (χ4v) is 2.07. The van der Waals surface area contributed by atoms with Crippen molar-refractivity contribution >= 4 is 15.9 Å². The van der Waals surface area contributed by atoms with Crippen molar-refractivity contribution in [2.24, 2.45) is 0 Å². The van der Waals surface area contributed by atoms with Gasteiger partial charge in [0, 0.05) is 6.61 Å². The van der Waals surface area contributed by atoms with Crippen LogP contribution >= 0.6 is 15.9 Å². The molecule has 114 valence electrons.